The number of aromatic nitrogens is 2. The lowest BCUT2D eigenvalue weighted by atomic mass is 9.71. The van der Waals surface area contributed by atoms with E-state index >= 15 is 0 Å². The smallest absolute Gasteiger partial charge is 0.242 e. The zero-order valence-electron chi connectivity index (χ0n) is 16.1. The van der Waals surface area contributed by atoms with E-state index in [0.717, 1.165) is 16.9 Å². The van der Waals surface area contributed by atoms with Crippen LogP contribution in [0.25, 0.3) is 5.69 Å². The van der Waals surface area contributed by atoms with Gasteiger partial charge in [-0.3, -0.25) is 9.59 Å². The normalized spacial score (nSPS) is 20.0. The van der Waals surface area contributed by atoms with E-state index in [-0.39, 0.29) is 18.2 Å². The SMILES string of the molecule is CCN1C(=O)C2(CC(=O)Nc3c2cnn3-c2ccccc2C)c2c(Cl)cccc21. The summed E-state index contributed by atoms with van der Waals surface area (Å²) in [6.07, 6.45) is 1.69. The van der Waals surface area contributed by atoms with E-state index in [0.29, 0.717) is 28.5 Å². The van der Waals surface area contributed by atoms with Crippen molar-refractivity contribution in [3.05, 3.63) is 70.4 Å². The number of nitrogens with zero attached hydrogens (tertiary/aromatic N) is 3. The standard InChI is InChI=1S/C22H19ClN4O2/c1-3-26-17-10-6-8-15(23)19(17)22(21(26)29)11-18(28)25-20-14(22)12-24-27(20)16-9-5-4-7-13(16)2/h4-10,12H,3,11H2,1-2H3,(H,25,28). The van der Waals surface area contributed by atoms with Crippen LogP contribution in [0.15, 0.2) is 48.7 Å². The van der Waals surface area contributed by atoms with Crippen LogP contribution in [0, 0.1) is 6.92 Å². The number of hydrogen-bond acceptors (Lipinski definition) is 3. The molecule has 2 aromatic carbocycles. The maximum absolute atomic E-state index is 13.7. The fourth-order valence-electron chi connectivity index (χ4n) is 4.61. The van der Waals surface area contributed by atoms with E-state index in [4.69, 9.17) is 11.6 Å². The molecule has 146 valence electrons. The Bertz CT molecular complexity index is 1190. The molecular formula is C22H19ClN4O2. The summed E-state index contributed by atoms with van der Waals surface area (Å²) in [6, 6.07) is 13.3. The van der Waals surface area contributed by atoms with Gasteiger partial charge < -0.3 is 10.2 Å². The van der Waals surface area contributed by atoms with Gasteiger partial charge in [0.1, 0.15) is 11.2 Å². The molecule has 2 aliphatic rings. The van der Waals surface area contributed by atoms with Crippen LogP contribution in [0.5, 0.6) is 0 Å². The highest BCUT2D eigenvalue weighted by Gasteiger charge is 2.57. The monoisotopic (exact) mass is 406 g/mol. The number of amides is 2. The van der Waals surface area contributed by atoms with E-state index in [9.17, 15) is 9.59 Å². The largest absolute Gasteiger partial charge is 0.311 e. The third-order valence-electron chi connectivity index (χ3n) is 5.89. The Labute approximate surface area is 173 Å². The van der Waals surface area contributed by atoms with Crippen LogP contribution < -0.4 is 10.2 Å². The molecule has 29 heavy (non-hydrogen) atoms. The average Bonchev–Trinajstić information content (AvgIpc) is 3.21. The van der Waals surface area contributed by atoms with Crippen molar-refractivity contribution in [2.24, 2.45) is 0 Å². The third-order valence-corrected chi connectivity index (χ3v) is 6.21. The molecule has 0 bridgehead atoms. The fourth-order valence-corrected chi connectivity index (χ4v) is 4.94. The third kappa shape index (κ3) is 2.26. The second-order valence-corrected chi connectivity index (χ2v) is 7.83. The molecular weight excluding hydrogens is 388 g/mol. The van der Waals surface area contributed by atoms with E-state index in [2.05, 4.69) is 10.4 Å². The molecule has 7 heteroatoms. The van der Waals surface area contributed by atoms with Crippen molar-refractivity contribution in [1.29, 1.82) is 0 Å². The molecule has 0 fully saturated rings. The molecule has 2 aliphatic heterocycles. The summed E-state index contributed by atoms with van der Waals surface area (Å²) in [5.74, 6) is 0.154. The number of rotatable bonds is 2. The molecule has 1 unspecified atom stereocenters. The Kier molecular flexibility index (Phi) is 3.83. The number of carbonyl (C=O) groups excluding carboxylic acids is 2. The fraction of sp³-hybridized carbons (Fsp3) is 0.227. The minimum atomic E-state index is -1.16. The molecule has 1 N–H and O–H groups in total. The van der Waals surface area contributed by atoms with Crippen molar-refractivity contribution in [3.63, 3.8) is 0 Å². The van der Waals surface area contributed by atoms with Crippen molar-refractivity contribution >= 4 is 34.9 Å². The summed E-state index contributed by atoms with van der Waals surface area (Å²) in [6.45, 7) is 4.40. The molecule has 1 atom stereocenters. The van der Waals surface area contributed by atoms with E-state index in [1.54, 1.807) is 21.8 Å². The number of para-hydroxylation sites is 1. The minimum absolute atomic E-state index is 0.00549. The second kappa shape index (κ2) is 6.19. The Morgan fingerprint density at radius 3 is 2.66 bits per heavy atom. The van der Waals surface area contributed by atoms with Crippen LogP contribution in [0.3, 0.4) is 0 Å². The number of halogens is 1. The van der Waals surface area contributed by atoms with Crippen LogP contribution in [0.2, 0.25) is 5.02 Å². The first kappa shape index (κ1) is 17.9. The van der Waals surface area contributed by atoms with Gasteiger partial charge in [0.25, 0.3) is 0 Å². The van der Waals surface area contributed by atoms with Gasteiger partial charge in [-0.25, -0.2) is 4.68 Å². The molecule has 3 heterocycles. The highest BCUT2D eigenvalue weighted by molar-refractivity contribution is 6.33. The number of anilines is 2. The number of fused-ring (bicyclic) bond motifs is 4. The molecule has 0 aliphatic carbocycles. The lowest BCUT2D eigenvalue weighted by molar-refractivity contribution is -0.126. The predicted molar refractivity (Wildman–Crippen MR) is 112 cm³/mol. The molecule has 3 aromatic rings. The molecule has 5 rings (SSSR count). The van der Waals surface area contributed by atoms with Gasteiger partial charge >= 0.3 is 0 Å². The number of carbonyl (C=O) groups is 2. The average molecular weight is 407 g/mol. The van der Waals surface area contributed by atoms with E-state index in [1.165, 1.54) is 0 Å². The van der Waals surface area contributed by atoms with Gasteiger partial charge in [0.15, 0.2) is 0 Å². The lowest BCUT2D eigenvalue weighted by Crippen LogP contribution is -2.46. The zero-order valence-corrected chi connectivity index (χ0v) is 16.8. The summed E-state index contributed by atoms with van der Waals surface area (Å²) in [5.41, 5.74) is 2.82. The highest BCUT2D eigenvalue weighted by atomic mass is 35.5. The van der Waals surface area contributed by atoms with Crippen LogP contribution in [-0.4, -0.2) is 28.1 Å². The van der Waals surface area contributed by atoms with Crippen molar-refractivity contribution in [2.45, 2.75) is 25.7 Å². The van der Waals surface area contributed by atoms with Gasteiger partial charge in [-0.05, 0) is 37.6 Å². The molecule has 0 radical (unpaired) electrons. The van der Waals surface area contributed by atoms with Gasteiger partial charge in [-0.2, -0.15) is 5.10 Å². The number of likely N-dealkylation sites (N-methyl/N-ethyl adjacent to an activating group) is 1. The Hall–Kier alpha value is -3.12. The van der Waals surface area contributed by atoms with Crippen LogP contribution in [-0.2, 0) is 15.0 Å². The molecule has 0 saturated carbocycles. The maximum atomic E-state index is 13.7. The summed E-state index contributed by atoms with van der Waals surface area (Å²) < 4.78 is 1.70. The first-order valence-corrected chi connectivity index (χ1v) is 9.92. The molecule has 1 spiro atoms. The molecule has 6 nitrogen and oxygen atoms in total. The summed E-state index contributed by atoms with van der Waals surface area (Å²) in [5, 5.41) is 7.98. The molecule has 0 saturated heterocycles. The number of hydrogen-bond donors (Lipinski definition) is 1. The Balaban J connectivity index is 1.82. The number of nitrogens with one attached hydrogen (secondary N) is 1. The first-order chi connectivity index (χ1) is 14.0. The van der Waals surface area contributed by atoms with Gasteiger partial charge in [0.2, 0.25) is 11.8 Å². The van der Waals surface area contributed by atoms with E-state index in [1.807, 2.05) is 50.2 Å². The van der Waals surface area contributed by atoms with Crippen LogP contribution >= 0.6 is 11.6 Å². The Morgan fingerprint density at radius 2 is 1.90 bits per heavy atom. The van der Waals surface area contributed by atoms with Crippen molar-refractivity contribution in [1.82, 2.24) is 9.78 Å². The minimum Gasteiger partial charge on any atom is -0.311 e. The quantitative estimate of drug-likeness (QED) is 0.703. The summed E-state index contributed by atoms with van der Waals surface area (Å²) in [4.78, 5) is 28.2. The zero-order chi connectivity index (χ0) is 20.3. The van der Waals surface area contributed by atoms with Gasteiger partial charge in [-0.15, -0.1) is 0 Å². The van der Waals surface area contributed by atoms with Crippen LogP contribution in [0.1, 0.15) is 30.0 Å². The number of aryl methyl sites for hydroxylation is 1. The van der Waals surface area contributed by atoms with Crippen molar-refractivity contribution < 1.29 is 9.59 Å². The van der Waals surface area contributed by atoms with Gasteiger partial charge in [0, 0.05) is 34.8 Å². The van der Waals surface area contributed by atoms with Crippen LogP contribution in [0.4, 0.5) is 11.5 Å². The number of benzene rings is 2. The lowest BCUT2D eigenvalue weighted by Gasteiger charge is -2.32. The van der Waals surface area contributed by atoms with Gasteiger partial charge in [-0.1, -0.05) is 35.9 Å². The molecule has 2 amide bonds. The maximum Gasteiger partial charge on any atom is 0.242 e. The first-order valence-electron chi connectivity index (χ1n) is 9.54. The summed E-state index contributed by atoms with van der Waals surface area (Å²) >= 11 is 6.61. The topological polar surface area (TPSA) is 67.2 Å². The predicted octanol–water partition coefficient (Wildman–Crippen LogP) is 3.83. The second-order valence-electron chi connectivity index (χ2n) is 7.42. The van der Waals surface area contributed by atoms with E-state index < -0.39 is 5.41 Å². The highest BCUT2D eigenvalue weighted by Crippen LogP contribution is 2.54. The van der Waals surface area contributed by atoms with Crippen molar-refractivity contribution in [2.75, 3.05) is 16.8 Å². The Morgan fingerprint density at radius 1 is 1.14 bits per heavy atom. The molecule has 1 aromatic heterocycles. The van der Waals surface area contributed by atoms with Gasteiger partial charge in [0.05, 0.1) is 11.9 Å². The summed E-state index contributed by atoms with van der Waals surface area (Å²) in [7, 11) is 0. The van der Waals surface area contributed by atoms with Crippen molar-refractivity contribution in [3.8, 4) is 5.69 Å².